The van der Waals surface area contributed by atoms with Gasteiger partial charge in [-0.05, 0) is 6.07 Å². The zero-order chi connectivity index (χ0) is 10.0. The third-order valence-electron chi connectivity index (χ3n) is 1.44. The molecule has 0 unspecified atom stereocenters. The van der Waals surface area contributed by atoms with E-state index in [1.165, 1.54) is 0 Å². The molecule has 2 N–H and O–H groups in total. The molecule has 1 aromatic heterocycles. The lowest BCUT2D eigenvalue weighted by Crippen LogP contribution is -2.04. The molecule has 0 aromatic carbocycles. The van der Waals surface area contributed by atoms with Gasteiger partial charge >= 0.3 is 0 Å². The third kappa shape index (κ3) is 2.10. The molecular weight excluding hydrogens is 205 g/mol. The van der Waals surface area contributed by atoms with E-state index >= 15 is 0 Å². The minimum Gasteiger partial charge on any atom is -0.325 e. The second-order valence-corrected chi connectivity index (χ2v) is 2.69. The predicted molar refractivity (Wildman–Crippen MR) is 42.1 cm³/mol. The van der Waals surface area contributed by atoms with Crippen molar-refractivity contribution in [3.05, 3.63) is 28.3 Å². The van der Waals surface area contributed by atoms with Crippen LogP contribution >= 0.6 is 11.6 Å². The van der Waals surface area contributed by atoms with Gasteiger partial charge in [0.25, 0.3) is 6.43 Å². The van der Waals surface area contributed by atoms with Gasteiger partial charge in [-0.15, -0.1) is 0 Å². The Morgan fingerprint density at radius 3 is 2.62 bits per heavy atom. The van der Waals surface area contributed by atoms with Crippen LogP contribution in [0.4, 0.5) is 13.2 Å². The number of alkyl halides is 2. The molecule has 0 saturated carbocycles. The Morgan fingerprint density at radius 1 is 1.54 bits per heavy atom. The molecule has 0 aliphatic heterocycles. The van der Waals surface area contributed by atoms with E-state index in [1.54, 1.807) is 0 Å². The summed E-state index contributed by atoms with van der Waals surface area (Å²) >= 11 is 5.26. The average Bonchev–Trinajstić information content (AvgIpc) is 2.09. The van der Waals surface area contributed by atoms with Crippen LogP contribution in [0.15, 0.2) is 6.07 Å². The molecule has 1 aromatic rings. The molecule has 0 radical (unpaired) electrons. The Balaban J connectivity index is 3.25. The summed E-state index contributed by atoms with van der Waals surface area (Å²) in [5.74, 6) is -1.11. The van der Waals surface area contributed by atoms with E-state index in [0.29, 0.717) is 0 Å². The van der Waals surface area contributed by atoms with Crippen LogP contribution in [0.3, 0.4) is 0 Å². The van der Waals surface area contributed by atoms with Crippen LogP contribution in [-0.4, -0.2) is 4.98 Å². The summed E-state index contributed by atoms with van der Waals surface area (Å²) in [5, 5.41) is -0.646. The van der Waals surface area contributed by atoms with Crippen LogP contribution in [0, 0.1) is 5.95 Å². The van der Waals surface area contributed by atoms with Crippen LogP contribution < -0.4 is 5.73 Å². The summed E-state index contributed by atoms with van der Waals surface area (Å²) in [4.78, 5) is 3.28. The van der Waals surface area contributed by atoms with Gasteiger partial charge in [-0.2, -0.15) is 4.39 Å². The Morgan fingerprint density at radius 2 is 2.15 bits per heavy atom. The number of nitrogens with two attached hydrogens (primary N) is 1. The van der Waals surface area contributed by atoms with Crippen molar-refractivity contribution >= 4 is 11.6 Å². The van der Waals surface area contributed by atoms with Crippen LogP contribution in [0.1, 0.15) is 17.7 Å². The fourth-order valence-electron chi connectivity index (χ4n) is 0.833. The molecule has 6 heteroatoms. The smallest absolute Gasteiger partial charge is 0.265 e. The van der Waals surface area contributed by atoms with E-state index in [2.05, 4.69) is 4.98 Å². The highest BCUT2D eigenvalue weighted by Gasteiger charge is 2.17. The summed E-state index contributed by atoms with van der Waals surface area (Å²) in [5.41, 5.74) is 4.60. The highest BCUT2D eigenvalue weighted by Crippen LogP contribution is 2.28. The number of aromatic nitrogens is 1. The average molecular weight is 211 g/mol. The second kappa shape index (κ2) is 3.93. The summed E-state index contributed by atoms with van der Waals surface area (Å²) < 4.78 is 37.2. The fraction of sp³-hybridized carbons (Fsp3) is 0.286. The third-order valence-corrected chi connectivity index (χ3v) is 1.82. The topological polar surface area (TPSA) is 38.9 Å². The first-order valence-corrected chi connectivity index (χ1v) is 3.77. The summed E-state index contributed by atoms with van der Waals surface area (Å²) in [6, 6.07) is 0.996. The lowest BCUT2D eigenvalue weighted by atomic mass is 10.2. The van der Waals surface area contributed by atoms with E-state index in [4.69, 9.17) is 17.3 Å². The summed E-state index contributed by atoms with van der Waals surface area (Å²) in [6.45, 7) is -0.103. The predicted octanol–water partition coefficient (Wildman–Crippen LogP) is 2.27. The highest BCUT2D eigenvalue weighted by molar-refractivity contribution is 6.31. The molecule has 1 heterocycles. The first-order chi connectivity index (χ1) is 6.06. The number of rotatable bonds is 2. The van der Waals surface area contributed by atoms with Gasteiger partial charge in [0, 0.05) is 12.1 Å². The zero-order valence-electron chi connectivity index (χ0n) is 6.40. The second-order valence-electron chi connectivity index (χ2n) is 2.31. The van der Waals surface area contributed by atoms with Gasteiger partial charge in [-0.3, -0.25) is 0 Å². The largest absolute Gasteiger partial charge is 0.325 e. The van der Waals surface area contributed by atoms with Crippen molar-refractivity contribution in [3.63, 3.8) is 0 Å². The maximum Gasteiger partial charge on any atom is 0.265 e. The van der Waals surface area contributed by atoms with Gasteiger partial charge in [-0.1, -0.05) is 11.6 Å². The van der Waals surface area contributed by atoms with Gasteiger partial charge in [0.2, 0.25) is 5.95 Å². The number of nitrogens with zero attached hydrogens (tertiary/aromatic N) is 1. The maximum absolute atomic E-state index is 12.8. The van der Waals surface area contributed by atoms with E-state index in [9.17, 15) is 13.2 Å². The van der Waals surface area contributed by atoms with Crippen molar-refractivity contribution < 1.29 is 13.2 Å². The number of halogens is 4. The number of pyridine rings is 1. The Bertz CT molecular complexity index is 317. The normalized spacial score (nSPS) is 10.9. The van der Waals surface area contributed by atoms with Crippen molar-refractivity contribution in [2.45, 2.75) is 13.0 Å². The molecule has 0 bridgehead atoms. The fourth-order valence-corrected chi connectivity index (χ4v) is 1.01. The van der Waals surface area contributed by atoms with E-state index in [0.717, 1.165) is 6.07 Å². The Kier molecular flexibility index (Phi) is 3.11. The molecular formula is C7H6ClF3N2. The quantitative estimate of drug-likeness (QED) is 0.761. The van der Waals surface area contributed by atoms with E-state index < -0.39 is 23.0 Å². The van der Waals surface area contributed by atoms with Crippen molar-refractivity contribution in [2.75, 3.05) is 0 Å². The first-order valence-electron chi connectivity index (χ1n) is 3.39. The van der Waals surface area contributed by atoms with Gasteiger partial charge in [0.05, 0.1) is 5.69 Å². The SMILES string of the molecule is NCc1cc(C(F)F)c(Cl)c(F)n1. The maximum atomic E-state index is 12.8. The van der Waals surface area contributed by atoms with E-state index in [1.807, 2.05) is 0 Å². The Hall–Kier alpha value is -0.810. The minimum absolute atomic E-state index is 0.0530. The molecule has 1 rings (SSSR count). The molecule has 0 aliphatic carbocycles. The van der Waals surface area contributed by atoms with Crippen LogP contribution in [0.25, 0.3) is 0 Å². The monoisotopic (exact) mass is 210 g/mol. The molecule has 72 valence electrons. The summed E-state index contributed by atoms with van der Waals surface area (Å²) in [6.07, 6.45) is -2.82. The van der Waals surface area contributed by atoms with Crippen molar-refractivity contribution in [1.82, 2.24) is 4.98 Å². The molecule has 2 nitrogen and oxygen atoms in total. The number of hydrogen-bond acceptors (Lipinski definition) is 2. The van der Waals surface area contributed by atoms with Crippen LogP contribution in [0.5, 0.6) is 0 Å². The first kappa shape index (κ1) is 10.3. The van der Waals surface area contributed by atoms with Crippen LogP contribution in [0.2, 0.25) is 5.02 Å². The van der Waals surface area contributed by atoms with Gasteiger partial charge in [-0.25, -0.2) is 13.8 Å². The molecule has 0 fully saturated rings. The van der Waals surface area contributed by atoms with Gasteiger partial charge in [0.1, 0.15) is 5.02 Å². The highest BCUT2D eigenvalue weighted by atomic mass is 35.5. The van der Waals surface area contributed by atoms with Crippen molar-refractivity contribution in [2.24, 2.45) is 5.73 Å². The lowest BCUT2D eigenvalue weighted by Gasteiger charge is -2.05. The van der Waals surface area contributed by atoms with Crippen molar-refractivity contribution in [3.8, 4) is 0 Å². The zero-order valence-corrected chi connectivity index (χ0v) is 7.15. The molecule has 0 spiro atoms. The standard InChI is InChI=1S/C7H6ClF3N2/c8-5-4(6(9)10)1-3(2-12)13-7(5)11/h1,6H,2,12H2. The minimum atomic E-state index is -2.82. The van der Waals surface area contributed by atoms with Gasteiger partial charge < -0.3 is 5.73 Å². The molecule has 13 heavy (non-hydrogen) atoms. The van der Waals surface area contributed by atoms with Crippen LogP contribution in [-0.2, 0) is 6.54 Å². The number of hydrogen-bond donors (Lipinski definition) is 1. The molecule has 0 aliphatic rings. The summed E-state index contributed by atoms with van der Waals surface area (Å²) in [7, 11) is 0. The van der Waals surface area contributed by atoms with E-state index in [-0.39, 0.29) is 12.2 Å². The van der Waals surface area contributed by atoms with Crippen molar-refractivity contribution in [1.29, 1.82) is 0 Å². The van der Waals surface area contributed by atoms with Gasteiger partial charge in [0.15, 0.2) is 0 Å². The Labute approximate surface area is 77.5 Å². The molecule has 0 saturated heterocycles. The molecule has 0 amide bonds. The lowest BCUT2D eigenvalue weighted by molar-refractivity contribution is 0.150. The molecule has 0 atom stereocenters.